The third-order valence-corrected chi connectivity index (χ3v) is 3.31. The Morgan fingerprint density at radius 3 is 2.50 bits per heavy atom. The van der Waals surface area contributed by atoms with E-state index >= 15 is 0 Å². The van der Waals surface area contributed by atoms with Crippen molar-refractivity contribution in [2.75, 3.05) is 13.1 Å². The van der Waals surface area contributed by atoms with Gasteiger partial charge in [-0.05, 0) is 45.4 Å². The summed E-state index contributed by atoms with van der Waals surface area (Å²) in [6.45, 7) is 9.24. The van der Waals surface area contributed by atoms with Crippen LogP contribution in [0.25, 0.3) is 5.69 Å². The predicted octanol–water partition coefficient (Wildman–Crippen LogP) is 1.24. The van der Waals surface area contributed by atoms with Crippen molar-refractivity contribution in [3.8, 4) is 5.69 Å². The first-order valence-electron chi connectivity index (χ1n) is 8.64. The number of nitrogens with zero attached hydrogens (tertiary/aromatic N) is 4. The molecule has 3 N–H and O–H groups in total. The molecular weight excluding hydrogens is 330 g/mol. The number of benzene rings is 1. The number of amides is 1. The summed E-state index contributed by atoms with van der Waals surface area (Å²) >= 11 is 0. The summed E-state index contributed by atoms with van der Waals surface area (Å²) in [5.41, 5.74) is 1.75. The Labute approximate surface area is 154 Å². The van der Waals surface area contributed by atoms with Crippen LogP contribution in [0, 0.1) is 0 Å². The van der Waals surface area contributed by atoms with Gasteiger partial charge >= 0.3 is 0 Å². The van der Waals surface area contributed by atoms with Gasteiger partial charge in [0, 0.05) is 12.1 Å². The Balaban J connectivity index is 1.92. The Morgan fingerprint density at radius 2 is 1.92 bits per heavy atom. The van der Waals surface area contributed by atoms with Crippen LogP contribution in [-0.2, 0) is 11.3 Å². The van der Waals surface area contributed by atoms with Crippen molar-refractivity contribution in [2.45, 2.75) is 39.8 Å². The van der Waals surface area contributed by atoms with Gasteiger partial charge in [0.15, 0.2) is 5.96 Å². The molecule has 26 heavy (non-hydrogen) atoms. The lowest BCUT2D eigenvalue weighted by molar-refractivity contribution is -0.121. The van der Waals surface area contributed by atoms with Crippen molar-refractivity contribution in [1.82, 2.24) is 30.7 Å². The Kier molecular flexibility index (Phi) is 6.71. The fourth-order valence-electron chi connectivity index (χ4n) is 2.23. The maximum absolute atomic E-state index is 11.9. The lowest BCUT2D eigenvalue weighted by Crippen LogP contribution is -2.48. The SMILES string of the molecule is CCNC(=NCc1ccc(-n2cncn2)cc1)NCC(=O)NC(C)(C)C. The molecule has 0 aliphatic carbocycles. The second-order valence-corrected chi connectivity index (χ2v) is 6.85. The van der Waals surface area contributed by atoms with Crippen LogP contribution in [-0.4, -0.2) is 45.3 Å². The number of hydrogen-bond acceptors (Lipinski definition) is 4. The molecule has 0 saturated carbocycles. The normalized spacial score (nSPS) is 11.9. The maximum Gasteiger partial charge on any atom is 0.239 e. The van der Waals surface area contributed by atoms with Crippen LogP contribution < -0.4 is 16.0 Å². The highest BCUT2D eigenvalue weighted by atomic mass is 16.2. The molecule has 1 heterocycles. The second-order valence-electron chi connectivity index (χ2n) is 6.85. The van der Waals surface area contributed by atoms with Gasteiger partial charge in [-0.1, -0.05) is 12.1 Å². The number of rotatable bonds is 6. The second kappa shape index (κ2) is 8.98. The molecule has 0 unspecified atom stereocenters. The summed E-state index contributed by atoms with van der Waals surface area (Å²) < 4.78 is 1.70. The van der Waals surface area contributed by atoms with Gasteiger partial charge in [-0.3, -0.25) is 4.79 Å². The molecule has 8 nitrogen and oxygen atoms in total. The quantitative estimate of drug-likeness (QED) is 0.534. The van der Waals surface area contributed by atoms with E-state index in [1.807, 2.05) is 52.0 Å². The van der Waals surface area contributed by atoms with Crippen molar-refractivity contribution in [3.63, 3.8) is 0 Å². The maximum atomic E-state index is 11.9. The molecule has 0 aliphatic rings. The number of aromatic nitrogens is 3. The largest absolute Gasteiger partial charge is 0.357 e. The number of carbonyl (C=O) groups excluding carboxylic acids is 1. The highest BCUT2D eigenvalue weighted by molar-refractivity contribution is 5.86. The number of nitrogens with one attached hydrogen (secondary N) is 3. The zero-order chi connectivity index (χ0) is 19.0. The van der Waals surface area contributed by atoms with E-state index in [1.165, 1.54) is 6.33 Å². The summed E-state index contributed by atoms with van der Waals surface area (Å²) in [4.78, 5) is 20.4. The van der Waals surface area contributed by atoms with E-state index in [0.717, 1.165) is 17.8 Å². The number of hydrogen-bond donors (Lipinski definition) is 3. The first kappa shape index (κ1) is 19.4. The lowest BCUT2D eigenvalue weighted by atomic mass is 10.1. The van der Waals surface area contributed by atoms with Crippen molar-refractivity contribution in [2.24, 2.45) is 4.99 Å². The molecule has 0 radical (unpaired) electrons. The third kappa shape index (κ3) is 6.54. The minimum atomic E-state index is -0.250. The van der Waals surface area contributed by atoms with E-state index in [1.54, 1.807) is 11.0 Å². The molecule has 0 fully saturated rings. The van der Waals surface area contributed by atoms with Crippen LogP contribution in [0.15, 0.2) is 41.9 Å². The number of carbonyl (C=O) groups is 1. The number of aliphatic imine (C=N–C) groups is 1. The molecule has 0 atom stereocenters. The third-order valence-electron chi connectivity index (χ3n) is 3.31. The summed E-state index contributed by atoms with van der Waals surface area (Å²) in [5.74, 6) is 0.539. The van der Waals surface area contributed by atoms with E-state index in [9.17, 15) is 4.79 Å². The summed E-state index contributed by atoms with van der Waals surface area (Å²) in [6, 6.07) is 7.93. The molecule has 2 aromatic rings. The standard InChI is InChI=1S/C18H27N7O/c1-5-20-17(22-11-16(26)24-18(2,3)4)21-10-14-6-8-15(9-7-14)25-13-19-12-23-25/h6-9,12-13H,5,10-11H2,1-4H3,(H,24,26)(H2,20,21,22). The van der Waals surface area contributed by atoms with Gasteiger partial charge in [0.05, 0.1) is 18.8 Å². The minimum Gasteiger partial charge on any atom is -0.357 e. The molecule has 0 bridgehead atoms. The molecule has 1 aromatic carbocycles. The Morgan fingerprint density at radius 1 is 1.19 bits per heavy atom. The van der Waals surface area contributed by atoms with E-state index in [0.29, 0.717) is 12.5 Å². The van der Waals surface area contributed by atoms with Crippen molar-refractivity contribution in [1.29, 1.82) is 0 Å². The van der Waals surface area contributed by atoms with Crippen LogP contribution in [0.3, 0.4) is 0 Å². The summed E-state index contributed by atoms with van der Waals surface area (Å²) in [5, 5.41) is 13.2. The number of guanidine groups is 1. The monoisotopic (exact) mass is 357 g/mol. The molecule has 1 aromatic heterocycles. The molecule has 140 valence electrons. The van der Waals surface area contributed by atoms with E-state index < -0.39 is 0 Å². The average Bonchev–Trinajstić information content (AvgIpc) is 3.11. The highest BCUT2D eigenvalue weighted by Gasteiger charge is 2.13. The van der Waals surface area contributed by atoms with Gasteiger partial charge in [0.25, 0.3) is 0 Å². The van der Waals surface area contributed by atoms with Gasteiger partial charge in [-0.25, -0.2) is 14.7 Å². The minimum absolute atomic E-state index is 0.0692. The predicted molar refractivity (Wildman–Crippen MR) is 102 cm³/mol. The van der Waals surface area contributed by atoms with E-state index in [4.69, 9.17) is 0 Å². The average molecular weight is 357 g/mol. The Hall–Kier alpha value is -2.90. The molecule has 0 spiro atoms. The van der Waals surface area contributed by atoms with Crippen molar-refractivity contribution in [3.05, 3.63) is 42.5 Å². The molecule has 1 amide bonds. The van der Waals surface area contributed by atoms with Gasteiger partial charge < -0.3 is 16.0 Å². The summed E-state index contributed by atoms with van der Waals surface area (Å²) in [6.07, 6.45) is 3.16. The van der Waals surface area contributed by atoms with Crippen LogP contribution in [0.5, 0.6) is 0 Å². The fourth-order valence-corrected chi connectivity index (χ4v) is 2.23. The van der Waals surface area contributed by atoms with Crippen LogP contribution in [0.2, 0.25) is 0 Å². The van der Waals surface area contributed by atoms with E-state index in [-0.39, 0.29) is 18.0 Å². The zero-order valence-electron chi connectivity index (χ0n) is 15.8. The van der Waals surface area contributed by atoms with Gasteiger partial charge in [-0.15, -0.1) is 0 Å². The molecule has 8 heteroatoms. The highest BCUT2D eigenvalue weighted by Crippen LogP contribution is 2.08. The molecular formula is C18H27N7O. The zero-order valence-corrected chi connectivity index (χ0v) is 15.8. The van der Waals surface area contributed by atoms with Gasteiger partial charge in [0.1, 0.15) is 12.7 Å². The first-order valence-corrected chi connectivity index (χ1v) is 8.64. The smallest absolute Gasteiger partial charge is 0.239 e. The van der Waals surface area contributed by atoms with Gasteiger partial charge in [0.2, 0.25) is 5.91 Å². The Bertz CT molecular complexity index is 715. The topological polar surface area (TPSA) is 96.2 Å². The molecule has 0 saturated heterocycles. The summed E-state index contributed by atoms with van der Waals surface area (Å²) in [7, 11) is 0. The van der Waals surface area contributed by atoms with Crippen LogP contribution >= 0.6 is 0 Å². The lowest BCUT2D eigenvalue weighted by Gasteiger charge is -2.21. The fraction of sp³-hybridized carbons (Fsp3) is 0.444. The van der Waals surface area contributed by atoms with Crippen molar-refractivity contribution < 1.29 is 4.79 Å². The van der Waals surface area contributed by atoms with Gasteiger partial charge in [-0.2, -0.15) is 5.10 Å². The van der Waals surface area contributed by atoms with Crippen LogP contribution in [0.4, 0.5) is 0 Å². The molecule has 2 rings (SSSR count). The first-order chi connectivity index (χ1) is 12.4. The molecule has 0 aliphatic heterocycles. The van der Waals surface area contributed by atoms with E-state index in [2.05, 4.69) is 31.0 Å². The van der Waals surface area contributed by atoms with Crippen molar-refractivity contribution >= 4 is 11.9 Å². The van der Waals surface area contributed by atoms with Crippen LogP contribution in [0.1, 0.15) is 33.3 Å².